The Morgan fingerprint density at radius 3 is 2.72 bits per heavy atom. The predicted octanol–water partition coefficient (Wildman–Crippen LogP) is 5.00. The van der Waals surface area contributed by atoms with Gasteiger partial charge in [0, 0.05) is 20.3 Å². The molecule has 0 bridgehead atoms. The number of fused-ring (bicyclic) bond motifs is 2. The van der Waals surface area contributed by atoms with E-state index in [4.69, 9.17) is 0 Å². The predicted molar refractivity (Wildman–Crippen MR) is 79.3 cm³/mol. The summed E-state index contributed by atoms with van der Waals surface area (Å²) in [5.74, 6) is 0. The van der Waals surface area contributed by atoms with Crippen LogP contribution in [-0.4, -0.2) is 5.12 Å². The summed E-state index contributed by atoms with van der Waals surface area (Å²) in [6.45, 7) is 0. The SMILES string of the molecule is O=C1Sc2c3ccccc3cc3c(Br)ccc1c23. The lowest BCUT2D eigenvalue weighted by atomic mass is 10.0. The first-order valence-electron chi connectivity index (χ1n) is 5.62. The van der Waals surface area contributed by atoms with Gasteiger partial charge in [0.15, 0.2) is 0 Å². The molecule has 1 aliphatic heterocycles. The molecule has 3 heteroatoms. The van der Waals surface area contributed by atoms with E-state index in [2.05, 4.69) is 34.1 Å². The van der Waals surface area contributed by atoms with Crippen LogP contribution in [0.4, 0.5) is 0 Å². The molecule has 18 heavy (non-hydrogen) atoms. The highest BCUT2D eigenvalue weighted by molar-refractivity contribution is 9.10. The fourth-order valence-corrected chi connectivity index (χ4v) is 4.05. The van der Waals surface area contributed by atoms with Crippen molar-refractivity contribution in [2.45, 2.75) is 4.90 Å². The van der Waals surface area contributed by atoms with Crippen molar-refractivity contribution in [2.75, 3.05) is 0 Å². The second kappa shape index (κ2) is 3.59. The van der Waals surface area contributed by atoms with E-state index < -0.39 is 0 Å². The summed E-state index contributed by atoms with van der Waals surface area (Å²) in [4.78, 5) is 13.2. The molecule has 0 saturated heterocycles. The van der Waals surface area contributed by atoms with Gasteiger partial charge in [-0.2, -0.15) is 0 Å². The molecule has 0 spiro atoms. The summed E-state index contributed by atoms with van der Waals surface area (Å²) in [5.41, 5.74) is 0.832. The van der Waals surface area contributed by atoms with Crippen molar-refractivity contribution < 1.29 is 4.79 Å². The van der Waals surface area contributed by atoms with Crippen molar-refractivity contribution in [3.63, 3.8) is 0 Å². The molecule has 3 aromatic carbocycles. The Morgan fingerprint density at radius 1 is 1.00 bits per heavy atom. The van der Waals surface area contributed by atoms with Gasteiger partial charge >= 0.3 is 0 Å². The molecule has 0 aliphatic carbocycles. The Bertz CT molecular complexity index is 839. The third kappa shape index (κ3) is 1.26. The molecule has 3 aromatic rings. The molecule has 1 aliphatic rings. The normalized spacial score (nSPS) is 13.7. The Kier molecular flexibility index (Phi) is 2.11. The summed E-state index contributed by atoms with van der Waals surface area (Å²) in [5, 5.41) is 4.72. The Morgan fingerprint density at radius 2 is 1.83 bits per heavy atom. The van der Waals surface area contributed by atoms with E-state index in [-0.39, 0.29) is 5.12 Å². The average molecular weight is 315 g/mol. The second-order valence-electron chi connectivity index (χ2n) is 4.33. The van der Waals surface area contributed by atoms with Gasteiger partial charge in [0.1, 0.15) is 0 Å². The van der Waals surface area contributed by atoms with Gasteiger partial charge in [-0.25, -0.2) is 0 Å². The molecule has 0 N–H and O–H groups in total. The first kappa shape index (κ1) is 10.6. The molecule has 1 heterocycles. The molecule has 0 radical (unpaired) electrons. The third-order valence-electron chi connectivity index (χ3n) is 3.34. The maximum absolute atomic E-state index is 12.0. The summed E-state index contributed by atoms with van der Waals surface area (Å²) in [6.07, 6.45) is 0. The van der Waals surface area contributed by atoms with Crippen molar-refractivity contribution in [3.05, 3.63) is 52.5 Å². The zero-order chi connectivity index (χ0) is 12.3. The summed E-state index contributed by atoms with van der Waals surface area (Å²) in [7, 11) is 0. The molecule has 1 nitrogen and oxygen atoms in total. The van der Waals surface area contributed by atoms with E-state index in [0.717, 1.165) is 25.7 Å². The maximum Gasteiger partial charge on any atom is 0.224 e. The van der Waals surface area contributed by atoms with Gasteiger partial charge in [0.05, 0.1) is 0 Å². The third-order valence-corrected chi connectivity index (χ3v) is 5.06. The van der Waals surface area contributed by atoms with E-state index in [1.165, 1.54) is 22.5 Å². The lowest BCUT2D eigenvalue weighted by Crippen LogP contribution is -1.86. The van der Waals surface area contributed by atoms with Crippen LogP contribution in [0.3, 0.4) is 0 Å². The van der Waals surface area contributed by atoms with E-state index in [1.807, 2.05) is 24.3 Å². The number of rotatable bonds is 0. The number of hydrogen-bond acceptors (Lipinski definition) is 2. The average Bonchev–Trinajstić information content (AvgIpc) is 2.72. The van der Waals surface area contributed by atoms with E-state index >= 15 is 0 Å². The molecule has 0 fully saturated rings. The monoisotopic (exact) mass is 314 g/mol. The van der Waals surface area contributed by atoms with Crippen molar-refractivity contribution in [1.29, 1.82) is 0 Å². The zero-order valence-electron chi connectivity index (χ0n) is 9.24. The highest BCUT2D eigenvalue weighted by Gasteiger charge is 2.25. The smallest absolute Gasteiger partial charge is 0.224 e. The number of carbonyl (C=O) groups excluding carboxylic acids is 1. The minimum atomic E-state index is 0.152. The van der Waals surface area contributed by atoms with Crippen molar-refractivity contribution >= 4 is 54.4 Å². The molecule has 0 saturated carbocycles. The molecule has 0 amide bonds. The van der Waals surface area contributed by atoms with Crippen LogP contribution in [0.1, 0.15) is 10.4 Å². The number of carbonyl (C=O) groups is 1. The first-order chi connectivity index (χ1) is 8.75. The Hall–Kier alpha value is -1.32. The Balaban J connectivity index is 2.35. The van der Waals surface area contributed by atoms with Gasteiger partial charge < -0.3 is 0 Å². The van der Waals surface area contributed by atoms with Crippen LogP contribution in [0.15, 0.2) is 51.8 Å². The maximum atomic E-state index is 12.0. The number of thioether (sulfide) groups is 1. The number of benzene rings is 3. The fraction of sp³-hybridized carbons (Fsp3) is 0. The van der Waals surface area contributed by atoms with Crippen molar-refractivity contribution in [2.24, 2.45) is 0 Å². The Labute approximate surface area is 116 Å². The lowest BCUT2D eigenvalue weighted by Gasteiger charge is -2.06. The molecule has 86 valence electrons. The van der Waals surface area contributed by atoms with Gasteiger partial charge in [0.25, 0.3) is 0 Å². The standard InChI is InChI=1S/C15H7BrOS/c16-12-6-5-10-13-11(12)7-8-3-1-2-4-9(8)14(13)18-15(10)17/h1-7H. The van der Waals surface area contributed by atoms with Gasteiger partial charge in [-0.15, -0.1) is 0 Å². The van der Waals surface area contributed by atoms with Gasteiger partial charge in [-0.1, -0.05) is 40.2 Å². The van der Waals surface area contributed by atoms with E-state index in [0.29, 0.717) is 0 Å². The minimum absolute atomic E-state index is 0.152. The summed E-state index contributed by atoms with van der Waals surface area (Å²) < 4.78 is 1.04. The quantitative estimate of drug-likeness (QED) is 0.543. The fourth-order valence-electron chi connectivity index (χ4n) is 2.52. The van der Waals surface area contributed by atoms with Gasteiger partial charge in [0.2, 0.25) is 5.12 Å². The van der Waals surface area contributed by atoms with Crippen LogP contribution in [0.5, 0.6) is 0 Å². The molecule has 0 unspecified atom stereocenters. The van der Waals surface area contributed by atoms with Crippen LogP contribution >= 0.6 is 27.7 Å². The van der Waals surface area contributed by atoms with Crippen molar-refractivity contribution in [3.8, 4) is 0 Å². The van der Waals surface area contributed by atoms with E-state index in [1.54, 1.807) is 0 Å². The topological polar surface area (TPSA) is 17.1 Å². The van der Waals surface area contributed by atoms with Crippen LogP contribution in [0, 0.1) is 0 Å². The highest BCUT2D eigenvalue weighted by Crippen LogP contribution is 2.46. The number of halogens is 1. The lowest BCUT2D eigenvalue weighted by molar-refractivity contribution is 0.109. The van der Waals surface area contributed by atoms with Crippen LogP contribution in [-0.2, 0) is 0 Å². The molecule has 0 atom stereocenters. The van der Waals surface area contributed by atoms with E-state index in [9.17, 15) is 4.79 Å². The first-order valence-corrected chi connectivity index (χ1v) is 7.23. The van der Waals surface area contributed by atoms with Gasteiger partial charge in [-0.05, 0) is 46.1 Å². The summed E-state index contributed by atoms with van der Waals surface area (Å²) in [6, 6.07) is 14.2. The largest absolute Gasteiger partial charge is 0.281 e. The van der Waals surface area contributed by atoms with Crippen molar-refractivity contribution in [1.82, 2.24) is 0 Å². The molecular weight excluding hydrogens is 308 g/mol. The number of hydrogen-bond donors (Lipinski definition) is 0. The van der Waals surface area contributed by atoms with Gasteiger partial charge in [-0.3, -0.25) is 4.79 Å². The highest BCUT2D eigenvalue weighted by atomic mass is 79.9. The zero-order valence-corrected chi connectivity index (χ0v) is 11.6. The van der Waals surface area contributed by atoms with Crippen LogP contribution in [0.2, 0.25) is 0 Å². The van der Waals surface area contributed by atoms with Crippen LogP contribution < -0.4 is 0 Å². The molecular formula is C15H7BrOS. The second-order valence-corrected chi connectivity index (χ2v) is 6.17. The summed E-state index contributed by atoms with van der Waals surface area (Å²) >= 11 is 4.93. The minimum Gasteiger partial charge on any atom is -0.281 e. The molecule has 4 rings (SSSR count). The molecule has 0 aromatic heterocycles. The van der Waals surface area contributed by atoms with Crippen LogP contribution in [0.25, 0.3) is 21.5 Å².